The Hall–Kier alpha value is -2.09. The van der Waals surface area contributed by atoms with Crippen LogP contribution in [-0.4, -0.2) is 22.8 Å². The van der Waals surface area contributed by atoms with Crippen LogP contribution in [0.25, 0.3) is 0 Å². The van der Waals surface area contributed by atoms with E-state index in [1.165, 1.54) is 30.1 Å². The van der Waals surface area contributed by atoms with Crippen molar-refractivity contribution in [3.8, 4) is 0 Å². The zero-order valence-corrected chi connectivity index (χ0v) is 15.1. The number of hydrogen-bond donors (Lipinski definition) is 1. The van der Waals surface area contributed by atoms with Gasteiger partial charge in [-0.25, -0.2) is 5.43 Å². The second kappa shape index (κ2) is 9.41. The van der Waals surface area contributed by atoms with Gasteiger partial charge >= 0.3 is 0 Å². The lowest BCUT2D eigenvalue weighted by atomic mass is 10.2. The van der Waals surface area contributed by atoms with Crippen LogP contribution in [0.3, 0.4) is 0 Å². The number of nitrogens with one attached hydrogen (secondary N) is 1. The molecule has 0 unspecified atom stereocenters. The van der Waals surface area contributed by atoms with Gasteiger partial charge in [0.2, 0.25) is 5.91 Å². The quantitative estimate of drug-likeness (QED) is 0.429. The van der Waals surface area contributed by atoms with Gasteiger partial charge in [-0.05, 0) is 17.7 Å². The molecule has 0 aliphatic rings. The van der Waals surface area contributed by atoms with Crippen LogP contribution in [0.15, 0.2) is 47.6 Å². The molecule has 1 N–H and O–H groups in total. The van der Waals surface area contributed by atoms with Crippen molar-refractivity contribution in [3.05, 3.63) is 73.8 Å². The molecule has 0 aliphatic heterocycles. The maximum Gasteiger partial charge on any atom is 0.269 e. The van der Waals surface area contributed by atoms with Gasteiger partial charge in [0.15, 0.2) is 0 Å². The van der Waals surface area contributed by atoms with Crippen molar-refractivity contribution in [1.82, 2.24) is 5.43 Å². The highest BCUT2D eigenvalue weighted by atomic mass is 35.5. The second-order valence-corrected chi connectivity index (χ2v) is 6.70. The Balaban J connectivity index is 1.75. The smallest absolute Gasteiger partial charge is 0.269 e. The molecular weight excluding hydrogens is 385 g/mol. The van der Waals surface area contributed by atoms with Crippen molar-refractivity contribution >= 4 is 52.8 Å². The van der Waals surface area contributed by atoms with E-state index >= 15 is 0 Å². The summed E-state index contributed by atoms with van der Waals surface area (Å²) in [6.07, 6.45) is 1.44. The number of halogens is 2. The summed E-state index contributed by atoms with van der Waals surface area (Å²) < 4.78 is 0. The highest BCUT2D eigenvalue weighted by molar-refractivity contribution is 7.99. The first-order valence-electron chi connectivity index (χ1n) is 7.04. The summed E-state index contributed by atoms with van der Waals surface area (Å²) in [6, 6.07) is 11.2. The molecular formula is C16H13Cl2N3O3S. The number of nitro groups is 1. The fourth-order valence-corrected chi connectivity index (χ4v) is 3.03. The third-order valence-corrected chi connectivity index (χ3v) is 4.57. The fourth-order valence-electron chi connectivity index (χ4n) is 1.79. The monoisotopic (exact) mass is 397 g/mol. The van der Waals surface area contributed by atoms with Gasteiger partial charge in [-0.1, -0.05) is 41.4 Å². The Labute approximate surface area is 158 Å². The lowest BCUT2D eigenvalue weighted by Crippen LogP contribution is -2.19. The Morgan fingerprint density at radius 2 is 1.96 bits per heavy atom. The molecule has 0 heterocycles. The molecule has 130 valence electrons. The lowest BCUT2D eigenvalue weighted by Gasteiger charge is -2.02. The molecule has 0 spiro atoms. The number of rotatable bonds is 7. The summed E-state index contributed by atoms with van der Waals surface area (Å²) in [6.45, 7) is 0. The average Bonchev–Trinajstić information content (AvgIpc) is 2.57. The van der Waals surface area contributed by atoms with E-state index in [2.05, 4.69) is 10.5 Å². The minimum Gasteiger partial charge on any atom is -0.272 e. The van der Waals surface area contributed by atoms with Crippen LogP contribution in [0.1, 0.15) is 11.1 Å². The van der Waals surface area contributed by atoms with E-state index in [-0.39, 0.29) is 17.3 Å². The normalized spacial score (nSPS) is 10.8. The summed E-state index contributed by atoms with van der Waals surface area (Å²) in [4.78, 5) is 21.8. The highest BCUT2D eigenvalue weighted by Crippen LogP contribution is 2.19. The largest absolute Gasteiger partial charge is 0.272 e. The molecule has 0 aromatic heterocycles. The third kappa shape index (κ3) is 6.38. The van der Waals surface area contributed by atoms with Crippen molar-refractivity contribution in [2.45, 2.75) is 5.75 Å². The van der Waals surface area contributed by atoms with Crippen LogP contribution < -0.4 is 5.43 Å². The number of thioether (sulfide) groups is 1. The number of carbonyl (C=O) groups excluding carboxylic acids is 1. The Bertz CT molecular complexity index is 798. The van der Waals surface area contributed by atoms with Crippen LogP contribution in [0.4, 0.5) is 5.69 Å². The van der Waals surface area contributed by atoms with E-state index in [1.54, 1.807) is 30.3 Å². The average molecular weight is 398 g/mol. The molecule has 0 saturated heterocycles. The van der Waals surface area contributed by atoms with E-state index in [0.29, 0.717) is 21.4 Å². The summed E-state index contributed by atoms with van der Waals surface area (Å²) in [5.74, 6) is 0.522. The highest BCUT2D eigenvalue weighted by Gasteiger charge is 2.05. The van der Waals surface area contributed by atoms with Gasteiger partial charge in [-0.2, -0.15) is 5.10 Å². The lowest BCUT2D eigenvalue weighted by molar-refractivity contribution is -0.384. The molecule has 2 aromatic rings. The van der Waals surface area contributed by atoms with Crippen molar-refractivity contribution in [3.63, 3.8) is 0 Å². The van der Waals surface area contributed by atoms with E-state index in [4.69, 9.17) is 23.2 Å². The summed E-state index contributed by atoms with van der Waals surface area (Å²) in [7, 11) is 0. The number of hydrogen-bond acceptors (Lipinski definition) is 5. The molecule has 2 aromatic carbocycles. The minimum absolute atomic E-state index is 0.0432. The molecule has 2 rings (SSSR count). The predicted octanol–water partition coefficient (Wildman–Crippen LogP) is 4.29. The number of non-ortho nitro benzene ring substituents is 1. The van der Waals surface area contributed by atoms with Crippen LogP contribution >= 0.6 is 35.0 Å². The van der Waals surface area contributed by atoms with Gasteiger partial charge in [0.25, 0.3) is 5.69 Å². The first-order chi connectivity index (χ1) is 12.0. The van der Waals surface area contributed by atoms with Crippen molar-refractivity contribution in [2.24, 2.45) is 5.10 Å². The van der Waals surface area contributed by atoms with Gasteiger partial charge in [0, 0.05) is 28.5 Å². The Morgan fingerprint density at radius 3 is 2.60 bits per heavy atom. The molecule has 0 fully saturated rings. The third-order valence-electron chi connectivity index (χ3n) is 3.00. The van der Waals surface area contributed by atoms with Gasteiger partial charge in [-0.3, -0.25) is 14.9 Å². The fraction of sp³-hybridized carbons (Fsp3) is 0.125. The number of amides is 1. The standard InChI is InChI=1S/C16H13Cl2N3O3S/c17-13-4-3-12(15(18)7-13)8-19-20-16(22)10-25-9-11-1-5-14(6-2-11)21(23)24/h1-8H,9-10H2,(H,20,22)/b19-8-. The number of hydrazone groups is 1. The second-order valence-electron chi connectivity index (χ2n) is 4.88. The number of nitrogens with zero attached hydrogens (tertiary/aromatic N) is 2. The van der Waals surface area contributed by atoms with Crippen LogP contribution in [-0.2, 0) is 10.5 Å². The SMILES string of the molecule is O=C(CSCc1ccc([N+](=O)[O-])cc1)N/N=C\c1ccc(Cl)cc1Cl. The van der Waals surface area contributed by atoms with Crippen LogP contribution in [0, 0.1) is 10.1 Å². The van der Waals surface area contributed by atoms with E-state index < -0.39 is 4.92 Å². The molecule has 25 heavy (non-hydrogen) atoms. The molecule has 0 aliphatic carbocycles. The molecule has 0 radical (unpaired) electrons. The van der Waals surface area contributed by atoms with Gasteiger partial charge in [0.05, 0.1) is 21.9 Å². The first kappa shape index (κ1) is 19.2. The molecule has 0 saturated carbocycles. The van der Waals surface area contributed by atoms with Gasteiger partial charge in [0.1, 0.15) is 0 Å². The Kier molecular flexibility index (Phi) is 7.24. The van der Waals surface area contributed by atoms with E-state index in [1.807, 2.05) is 0 Å². The molecule has 0 atom stereocenters. The minimum atomic E-state index is -0.449. The Morgan fingerprint density at radius 1 is 1.24 bits per heavy atom. The first-order valence-corrected chi connectivity index (χ1v) is 8.95. The van der Waals surface area contributed by atoms with Gasteiger partial charge in [-0.15, -0.1) is 11.8 Å². The molecule has 0 bridgehead atoms. The van der Waals surface area contributed by atoms with Gasteiger partial charge < -0.3 is 0 Å². The van der Waals surface area contributed by atoms with Crippen LogP contribution in [0.5, 0.6) is 0 Å². The van der Waals surface area contributed by atoms with Crippen molar-refractivity contribution in [1.29, 1.82) is 0 Å². The van der Waals surface area contributed by atoms with E-state index in [9.17, 15) is 14.9 Å². The van der Waals surface area contributed by atoms with Crippen molar-refractivity contribution < 1.29 is 9.72 Å². The van der Waals surface area contributed by atoms with E-state index in [0.717, 1.165) is 5.56 Å². The molecule has 1 amide bonds. The maximum absolute atomic E-state index is 11.7. The molecule has 9 heteroatoms. The summed E-state index contributed by atoms with van der Waals surface area (Å²) in [5, 5.41) is 15.4. The number of nitro benzene ring substituents is 1. The molecule has 6 nitrogen and oxygen atoms in total. The van der Waals surface area contributed by atoms with Crippen molar-refractivity contribution in [2.75, 3.05) is 5.75 Å². The summed E-state index contributed by atoms with van der Waals surface area (Å²) in [5.41, 5.74) is 4.00. The zero-order chi connectivity index (χ0) is 18.2. The topological polar surface area (TPSA) is 84.6 Å². The maximum atomic E-state index is 11.7. The summed E-state index contributed by atoms with van der Waals surface area (Å²) >= 11 is 13.2. The van der Waals surface area contributed by atoms with Crippen LogP contribution in [0.2, 0.25) is 10.0 Å². The predicted molar refractivity (Wildman–Crippen MR) is 101 cm³/mol. The number of carbonyl (C=O) groups is 1. The zero-order valence-electron chi connectivity index (χ0n) is 12.8. The number of benzene rings is 2.